The van der Waals surface area contributed by atoms with E-state index in [2.05, 4.69) is 20.3 Å². The molecule has 1 aliphatic heterocycles. The van der Waals surface area contributed by atoms with Crippen LogP contribution in [0, 0.1) is 0 Å². The minimum absolute atomic E-state index is 0.140. The Morgan fingerprint density at radius 1 is 1.28 bits per heavy atom. The van der Waals surface area contributed by atoms with Crippen LogP contribution in [-0.4, -0.2) is 49.1 Å². The number of nitrogens with zero attached hydrogens (tertiary/aromatic N) is 4. The van der Waals surface area contributed by atoms with Crippen molar-refractivity contribution >= 4 is 0 Å². The van der Waals surface area contributed by atoms with Gasteiger partial charge in [0, 0.05) is 42.9 Å². The van der Waals surface area contributed by atoms with Gasteiger partial charge in [-0.05, 0) is 0 Å². The highest BCUT2D eigenvalue weighted by atomic mass is 16.5. The lowest BCUT2D eigenvalue weighted by Crippen LogP contribution is -2.39. The Bertz CT molecular complexity index is 898. The Morgan fingerprint density at radius 2 is 2.12 bits per heavy atom. The molecule has 1 aromatic carbocycles. The van der Waals surface area contributed by atoms with Crippen molar-refractivity contribution < 1.29 is 9.63 Å². The van der Waals surface area contributed by atoms with E-state index >= 15 is 0 Å². The fourth-order valence-electron chi connectivity index (χ4n) is 3.23. The molecule has 8 nitrogen and oxygen atoms in total. The Kier molecular flexibility index (Phi) is 4.21. The quantitative estimate of drug-likeness (QED) is 0.707. The van der Waals surface area contributed by atoms with E-state index in [9.17, 15) is 9.90 Å². The number of H-pyrrole nitrogens is 1. The second kappa shape index (κ2) is 6.66. The number of aromatic amines is 1. The van der Waals surface area contributed by atoms with Crippen LogP contribution in [-0.2, 0) is 19.5 Å². The SMILES string of the molecule is O=c1onc(-c2ccccc2)n1CC(O)CN1CCc2[nH]ncc2C1. The minimum atomic E-state index is -0.701. The predicted octanol–water partition coefficient (Wildman–Crippen LogP) is 0.646. The van der Waals surface area contributed by atoms with E-state index in [1.165, 1.54) is 4.57 Å². The van der Waals surface area contributed by atoms with Gasteiger partial charge in [0.2, 0.25) is 0 Å². The molecular formula is C17H19N5O3. The van der Waals surface area contributed by atoms with Crippen LogP contribution in [0.15, 0.2) is 45.8 Å². The molecule has 1 unspecified atom stereocenters. The van der Waals surface area contributed by atoms with Crippen LogP contribution < -0.4 is 5.76 Å². The minimum Gasteiger partial charge on any atom is -0.390 e. The maximum atomic E-state index is 12.0. The monoisotopic (exact) mass is 341 g/mol. The normalized spacial score (nSPS) is 15.9. The fraction of sp³-hybridized carbons (Fsp3) is 0.353. The molecule has 2 N–H and O–H groups in total. The van der Waals surface area contributed by atoms with Gasteiger partial charge in [-0.3, -0.25) is 19.1 Å². The molecule has 8 heteroatoms. The molecule has 1 aliphatic rings. The molecule has 1 atom stereocenters. The predicted molar refractivity (Wildman–Crippen MR) is 89.8 cm³/mol. The molecule has 0 bridgehead atoms. The number of benzene rings is 1. The number of aromatic nitrogens is 4. The zero-order valence-electron chi connectivity index (χ0n) is 13.6. The molecule has 2 aromatic heterocycles. The molecular weight excluding hydrogens is 322 g/mol. The van der Waals surface area contributed by atoms with Crippen LogP contribution in [0.2, 0.25) is 0 Å². The third-order valence-electron chi connectivity index (χ3n) is 4.46. The number of aliphatic hydroxyl groups is 1. The molecule has 25 heavy (non-hydrogen) atoms. The lowest BCUT2D eigenvalue weighted by molar-refractivity contribution is 0.0903. The van der Waals surface area contributed by atoms with Crippen LogP contribution in [0.5, 0.6) is 0 Å². The Hall–Kier alpha value is -2.71. The van der Waals surface area contributed by atoms with Gasteiger partial charge in [0.1, 0.15) is 0 Å². The first-order chi connectivity index (χ1) is 12.2. The lowest BCUT2D eigenvalue weighted by Gasteiger charge is -2.28. The summed E-state index contributed by atoms with van der Waals surface area (Å²) in [4.78, 5) is 14.1. The highest BCUT2D eigenvalue weighted by Gasteiger charge is 2.22. The van der Waals surface area contributed by atoms with E-state index in [0.29, 0.717) is 12.4 Å². The molecule has 4 rings (SSSR count). The Balaban J connectivity index is 1.46. The van der Waals surface area contributed by atoms with Gasteiger partial charge in [-0.15, -0.1) is 0 Å². The average Bonchev–Trinajstić information content (AvgIpc) is 3.22. The molecule has 0 radical (unpaired) electrons. The first kappa shape index (κ1) is 15.8. The van der Waals surface area contributed by atoms with Crippen molar-refractivity contribution in [1.82, 2.24) is 24.8 Å². The highest BCUT2D eigenvalue weighted by molar-refractivity contribution is 5.54. The number of aliphatic hydroxyl groups excluding tert-OH is 1. The molecule has 0 saturated carbocycles. The van der Waals surface area contributed by atoms with Crippen molar-refractivity contribution in [2.24, 2.45) is 0 Å². The number of rotatable bonds is 5. The van der Waals surface area contributed by atoms with Crippen molar-refractivity contribution in [3.8, 4) is 11.4 Å². The summed E-state index contributed by atoms with van der Waals surface area (Å²) in [5.41, 5.74) is 3.10. The van der Waals surface area contributed by atoms with E-state index in [1.54, 1.807) is 0 Å². The summed E-state index contributed by atoms with van der Waals surface area (Å²) < 4.78 is 6.18. The Morgan fingerprint density at radius 3 is 2.96 bits per heavy atom. The number of β-amino-alcohol motifs (C(OH)–C–C–N with tert-alkyl or cyclic N) is 1. The van der Waals surface area contributed by atoms with Gasteiger partial charge in [-0.2, -0.15) is 5.10 Å². The van der Waals surface area contributed by atoms with Gasteiger partial charge < -0.3 is 5.11 Å². The van der Waals surface area contributed by atoms with E-state index in [4.69, 9.17) is 4.52 Å². The maximum Gasteiger partial charge on any atom is 0.441 e. The summed E-state index contributed by atoms with van der Waals surface area (Å²) in [6.07, 6.45) is 2.00. The number of fused-ring (bicyclic) bond motifs is 1. The van der Waals surface area contributed by atoms with Crippen molar-refractivity contribution in [2.75, 3.05) is 13.1 Å². The summed E-state index contributed by atoms with van der Waals surface area (Å²) in [7, 11) is 0. The number of hydrogen-bond donors (Lipinski definition) is 2. The van der Waals surface area contributed by atoms with E-state index in [-0.39, 0.29) is 6.54 Å². The van der Waals surface area contributed by atoms with E-state index < -0.39 is 11.9 Å². The van der Waals surface area contributed by atoms with Gasteiger partial charge in [-0.25, -0.2) is 4.79 Å². The molecule has 130 valence electrons. The van der Waals surface area contributed by atoms with Gasteiger partial charge in [-0.1, -0.05) is 35.5 Å². The first-order valence-electron chi connectivity index (χ1n) is 8.24. The van der Waals surface area contributed by atoms with Crippen LogP contribution in [0.1, 0.15) is 11.3 Å². The topological polar surface area (TPSA) is 100 Å². The Labute approximate surface area is 143 Å². The second-order valence-corrected chi connectivity index (χ2v) is 6.26. The third kappa shape index (κ3) is 3.26. The molecule has 0 fully saturated rings. The molecule has 0 amide bonds. The maximum absolute atomic E-state index is 12.0. The van der Waals surface area contributed by atoms with Crippen molar-refractivity contribution in [3.63, 3.8) is 0 Å². The van der Waals surface area contributed by atoms with Crippen molar-refractivity contribution in [3.05, 3.63) is 58.3 Å². The highest BCUT2D eigenvalue weighted by Crippen LogP contribution is 2.18. The van der Waals surface area contributed by atoms with Crippen LogP contribution in [0.3, 0.4) is 0 Å². The van der Waals surface area contributed by atoms with Crippen LogP contribution >= 0.6 is 0 Å². The number of hydrogen-bond acceptors (Lipinski definition) is 6. The van der Waals surface area contributed by atoms with Crippen LogP contribution in [0.4, 0.5) is 0 Å². The summed E-state index contributed by atoms with van der Waals surface area (Å²) in [6.45, 7) is 2.20. The van der Waals surface area contributed by atoms with Gasteiger partial charge in [0.05, 0.1) is 18.8 Å². The molecule has 0 saturated heterocycles. The largest absolute Gasteiger partial charge is 0.441 e. The van der Waals surface area contributed by atoms with Gasteiger partial charge in [0.15, 0.2) is 5.82 Å². The van der Waals surface area contributed by atoms with Gasteiger partial charge in [0.25, 0.3) is 0 Å². The summed E-state index contributed by atoms with van der Waals surface area (Å²) in [6, 6.07) is 9.33. The second-order valence-electron chi connectivity index (χ2n) is 6.26. The fourth-order valence-corrected chi connectivity index (χ4v) is 3.23. The molecule has 3 aromatic rings. The molecule has 0 aliphatic carbocycles. The van der Waals surface area contributed by atoms with Crippen molar-refractivity contribution in [2.45, 2.75) is 25.6 Å². The van der Waals surface area contributed by atoms with Gasteiger partial charge >= 0.3 is 5.76 Å². The standard InChI is InChI=1S/C17H19N5O3/c23-14(10-21-7-6-15-13(9-21)8-18-19-15)11-22-16(20-25-17(22)24)12-4-2-1-3-5-12/h1-5,8,14,23H,6-7,9-11H2,(H,18,19). The number of nitrogens with one attached hydrogen (secondary N) is 1. The summed E-state index contributed by atoms with van der Waals surface area (Å²) >= 11 is 0. The molecule has 3 heterocycles. The average molecular weight is 341 g/mol. The molecule has 0 spiro atoms. The first-order valence-corrected chi connectivity index (χ1v) is 8.24. The zero-order valence-corrected chi connectivity index (χ0v) is 13.6. The summed E-state index contributed by atoms with van der Waals surface area (Å²) in [5.74, 6) is -0.130. The van der Waals surface area contributed by atoms with Crippen molar-refractivity contribution in [1.29, 1.82) is 0 Å². The van der Waals surface area contributed by atoms with E-state index in [1.807, 2.05) is 36.5 Å². The summed E-state index contributed by atoms with van der Waals surface area (Å²) in [5, 5.41) is 21.4. The lowest BCUT2D eigenvalue weighted by atomic mass is 10.1. The zero-order chi connectivity index (χ0) is 17.2. The third-order valence-corrected chi connectivity index (χ3v) is 4.46. The van der Waals surface area contributed by atoms with Crippen LogP contribution in [0.25, 0.3) is 11.4 Å². The van der Waals surface area contributed by atoms with E-state index in [0.717, 1.165) is 36.3 Å². The smallest absolute Gasteiger partial charge is 0.390 e.